The van der Waals surface area contributed by atoms with E-state index in [4.69, 9.17) is 22.1 Å². The molecule has 2 aliphatic heterocycles. The highest BCUT2D eigenvalue weighted by atomic mass is 35.5. The zero-order chi connectivity index (χ0) is 22.8. The summed E-state index contributed by atoms with van der Waals surface area (Å²) in [6.07, 6.45) is -0.105. The topological polar surface area (TPSA) is 117 Å². The van der Waals surface area contributed by atoms with E-state index in [1.807, 2.05) is 12.1 Å². The van der Waals surface area contributed by atoms with E-state index in [-0.39, 0.29) is 24.4 Å². The maximum Gasteiger partial charge on any atom is 0.414 e. The van der Waals surface area contributed by atoms with Crippen molar-refractivity contribution in [3.63, 3.8) is 0 Å². The number of nitrogens with one attached hydrogen (secondary N) is 2. The fourth-order valence-corrected chi connectivity index (χ4v) is 4.91. The number of ether oxygens (including phenoxy) is 1. The number of thiophene rings is 1. The van der Waals surface area contributed by atoms with Gasteiger partial charge in [-0.3, -0.25) is 14.5 Å². The van der Waals surface area contributed by atoms with Crippen LogP contribution in [0, 0.1) is 0 Å². The molecule has 170 valence electrons. The monoisotopic (exact) mass is 477 g/mol. The van der Waals surface area contributed by atoms with E-state index < -0.39 is 12.2 Å². The van der Waals surface area contributed by atoms with Crippen molar-refractivity contribution in [2.45, 2.75) is 25.5 Å². The number of nitrogens with two attached hydrogens (primary N) is 1. The van der Waals surface area contributed by atoms with Gasteiger partial charge in [0.05, 0.1) is 33.7 Å². The van der Waals surface area contributed by atoms with Crippen LogP contribution >= 0.6 is 22.9 Å². The Labute approximate surface area is 194 Å². The zero-order valence-electron chi connectivity index (χ0n) is 17.5. The Hall–Kier alpha value is -2.98. The molecule has 0 bridgehead atoms. The molecule has 2 aromatic rings. The smallest absolute Gasteiger partial charge is 0.414 e. The van der Waals surface area contributed by atoms with Gasteiger partial charge in [0, 0.05) is 31.7 Å². The van der Waals surface area contributed by atoms with Crippen molar-refractivity contribution in [1.82, 2.24) is 10.6 Å². The van der Waals surface area contributed by atoms with Gasteiger partial charge in [0.1, 0.15) is 6.10 Å². The largest absolute Gasteiger partial charge is 0.442 e. The Kier molecular flexibility index (Phi) is 6.43. The summed E-state index contributed by atoms with van der Waals surface area (Å²) in [7, 11) is 0. The third-order valence-corrected chi connectivity index (χ3v) is 6.65. The highest BCUT2D eigenvalue weighted by molar-refractivity contribution is 7.18. The van der Waals surface area contributed by atoms with E-state index in [0.29, 0.717) is 33.7 Å². The number of nitrogens with zero attached hydrogens (tertiary/aromatic N) is 2. The molecule has 9 nitrogen and oxygen atoms in total. The summed E-state index contributed by atoms with van der Waals surface area (Å²) in [4.78, 5) is 40.0. The molecule has 4 N–H and O–H groups in total. The first-order valence-corrected chi connectivity index (χ1v) is 11.4. The van der Waals surface area contributed by atoms with Gasteiger partial charge in [-0.25, -0.2) is 4.79 Å². The second-order valence-electron chi connectivity index (χ2n) is 7.81. The third kappa shape index (κ3) is 4.91. The summed E-state index contributed by atoms with van der Waals surface area (Å²) >= 11 is 7.05. The average molecular weight is 478 g/mol. The summed E-state index contributed by atoms with van der Waals surface area (Å²) in [5, 5.41) is 5.70. The van der Waals surface area contributed by atoms with Crippen LogP contribution in [0.15, 0.2) is 30.3 Å². The molecule has 3 heterocycles. The Morgan fingerprint density at radius 3 is 2.78 bits per heavy atom. The van der Waals surface area contributed by atoms with Crippen molar-refractivity contribution in [2.24, 2.45) is 0 Å². The van der Waals surface area contributed by atoms with Crippen LogP contribution in [0.25, 0.3) is 0 Å². The van der Waals surface area contributed by atoms with Gasteiger partial charge in [0.25, 0.3) is 5.91 Å². The number of hydrogen-bond acceptors (Lipinski definition) is 7. The predicted octanol–water partition coefficient (Wildman–Crippen LogP) is 2.45. The molecule has 1 aromatic carbocycles. The molecular formula is C21H24ClN5O4S. The number of anilines is 3. The number of carbonyl (C=O) groups is 3. The van der Waals surface area contributed by atoms with E-state index >= 15 is 0 Å². The summed E-state index contributed by atoms with van der Waals surface area (Å²) in [5.41, 5.74) is 8.33. The second-order valence-corrected chi connectivity index (χ2v) is 9.52. The fourth-order valence-electron chi connectivity index (χ4n) is 3.95. The van der Waals surface area contributed by atoms with E-state index in [1.54, 1.807) is 18.2 Å². The molecule has 11 heteroatoms. The number of cyclic esters (lactones) is 1. The first kappa shape index (κ1) is 22.2. The van der Waals surface area contributed by atoms with Crippen molar-refractivity contribution in [1.29, 1.82) is 0 Å². The minimum Gasteiger partial charge on any atom is -0.442 e. The van der Waals surface area contributed by atoms with E-state index in [1.165, 1.54) is 23.2 Å². The lowest BCUT2D eigenvalue weighted by atomic mass is 10.2. The van der Waals surface area contributed by atoms with Crippen molar-refractivity contribution in [2.75, 3.05) is 41.7 Å². The van der Waals surface area contributed by atoms with Crippen LogP contribution in [-0.2, 0) is 9.53 Å². The van der Waals surface area contributed by atoms with Crippen LogP contribution in [0.5, 0.6) is 0 Å². The maximum absolute atomic E-state index is 12.4. The minimum atomic E-state index is -0.484. The highest BCUT2D eigenvalue weighted by Gasteiger charge is 2.33. The van der Waals surface area contributed by atoms with Gasteiger partial charge in [0.15, 0.2) is 0 Å². The Morgan fingerprint density at radius 2 is 2.09 bits per heavy atom. The molecule has 1 aromatic heterocycles. The van der Waals surface area contributed by atoms with Crippen LogP contribution < -0.4 is 26.2 Å². The summed E-state index contributed by atoms with van der Waals surface area (Å²) in [6.45, 7) is 3.49. The van der Waals surface area contributed by atoms with Gasteiger partial charge < -0.3 is 26.0 Å². The number of nitrogen functional groups attached to an aromatic ring is 1. The SMILES string of the molecule is CC(=O)NC1CCN(c2ccc(N3CC(CNC(=O)c4ccc(Cl)s4)OC3=O)cc2N)C1. The molecule has 2 fully saturated rings. The van der Waals surface area contributed by atoms with Gasteiger partial charge in [-0.1, -0.05) is 11.6 Å². The third-order valence-electron chi connectivity index (χ3n) is 5.42. The summed E-state index contributed by atoms with van der Waals surface area (Å²) < 4.78 is 5.94. The molecular weight excluding hydrogens is 454 g/mol. The summed E-state index contributed by atoms with van der Waals surface area (Å²) in [6, 6.07) is 8.86. The van der Waals surface area contributed by atoms with Crippen LogP contribution in [-0.4, -0.2) is 56.2 Å². The van der Waals surface area contributed by atoms with Gasteiger partial charge in [0.2, 0.25) is 5.91 Å². The molecule has 4 rings (SSSR count). The van der Waals surface area contributed by atoms with Crippen molar-refractivity contribution in [3.8, 4) is 0 Å². The lowest BCUT2D eigenvalue weighted by Crippen LogP contribution is -2.35. The average Bonchev–Trinajstić information content (AvgIpc) is 3.46. The molecule has 0 saturated carbocycles. The predicted molar refractivity (Wildman–Crippen MR) is 125 cm³/mol. The molecule has 2 aliphatic rings. The van der Waals surface area contributed by atoms with Crippen molar-refractivity contribution < 1.29 is 19.1 Å². The molecule has 2 unspecified atom stereocenters. The molecule has 3 amide bonds. The second kappa shape index (κ2) is 9.25. The quantitative estimate of drug-likeness (QED) is 0.550. The van der Waals surface area contributed by atoms with E-state index in [2.05, 4.69) is 15.5 Å². The van der Waals surface area contributed by atoms with Crippen molar-refractivity contribution >= 4 is 57.9 Å². The molecule has 0 spiro atoms. The lowest BCUT2D eigenvalue weighted by Gasteiger charge is -2.22. The van der Waals surface area contributed by atoms with Crippen LogP contribution in [0.2, 0.25) is 4.34 Å². The van der Waals surface area contributed by atoms with Gasteiger partial charge in [-0.05, 0) is 36.8 Å². The molecule has 2 saturated heterocycles. The van der Waals surface area contributed by atoms with E-state index in [9.17, 15) is 14.4 Å². The Bertz CT molecular complexity index is 1040. The zero-order valence-corrected chi connectivity index (χ0v) is 19.0. The Balaban J connectivity index is 1.35. The van der Waals surface area contributed by atoms with Crippen molar-refractivity contribution in [3.05, 3.63) is 39.5 Å². The normalized spacial score (nSPS) is 20.4. The molecule has 32 heavy (non-hydrogen) atoms. The number of carbonyl (C=O) groups excluding carboxylic acids is 3. The minimum absolute atomic E-state index is 0.0438. The highest BCUT2D eigenvalue weighted by Crippen LogP contribution is 2.32. The standard InChI is InChI=1S/C21H24ClN5O4S/c1-12(28)25-13-6-7-26(10-13)17-3-2-14(8-16(17)23)27-11-15(31-21(27)30)9-24-20(29)18-4-5-19(22)32-18/h2-5,8,13,15H,6-7,9-11,23H2,1H3,(H,24,29)(H,25,28). The molecule has 2 atom stereocenters. The number of amides is 3. The number of benzene rings is 1. The van der Waals surface area contributed by atoms with Gasteiger partial charge in [-0.2, -0.15) is 0 Å². The number of hydrogen-bond donors (Lipinski definition) is 3. The fraction of sp³-hybridized carbons (Fsp3) is 0.381. The summed E-state index contributed by atoms with van der Waals surface area (Å²) in [5.74, 6) is -0.300. The van der Waals surface area contributed by atoms with Gasteiger partial charge >= 0.3 is 6.09 Å². The first-order valence-electron chi connectivity index (χ1n) is 10.2. The molecule has 0 radical (unpaired) electrons. The van der Waals surface area contributed by atoms with Crippen LogP contribution in [0.4, 0.5) is 21.9 Å². The van der Waals surface area contributed by atoms with E-state index in [0.717, 1.165) is 18.7 Å². The molecule has 0 aliphatic carbocycles. The number of halogens is 1. The van der Waals surface area contributed by atoms with Crippen LogP contribution in [0.1, 0.15) is 23.0 Å². The Morgan fingerprint density at radius 1 is 1.28 bits per heavy atom. The first-order chi connectivity index (χ1) is 15.3. The van der Waals surface area contributed by atoms with Gasteiger partial charge in [-0.15, -0.1) is 11.3 Å². The van der Waals surface area contributed by atoms with Crippen LogP contribution in [0.3, 0.4) is 0 Å². The number of rotatable bonds is 6. The lowest BCUT2D eigenvalue weighted by molar-refractivity contribution is -0.119. The maximum atomic E-state index is 12.4.